The Morgan fingerprint density at radius 1 is 1.37 bits per heavy atom. The van der Waals surface area contributed by atoms with Crippen LogP contribution in [0.5, 0.6) is 5.75 Å². The molecule has 0 amide bonds. The summed E-state index contributed by atoms with van der Waals surface area (Å²) in [7, 11) is 0. The Balaban J connectivity index is 1.55. The van der Waals surface area contributed by atoms with Crippen molar-refractivity contribution in [1.82, 2.24) is 15.1 Å². The Morgan fingerprint density at radius 3 is 2.95 bits per heavy atom. The van der Waals surface area contributed by atoms with E-state index in [-0.39, 0.29) is 0 Å². The van der Waals surface area contributed by atoms with Crippen molar-refractivity contribution in [3.8, 4) is 5.75 Å². The number of rotatable bonds is 6. The minimum Gasteiger partial charge on any atom is -0.484 e. The van der Waals surface area contributed by atoms with E-state index in [1.54, 1.807) is 6.20 Å². The van der Waals surface area contributed by atoms with Gasteiger partial charge in [0, 0.05) is 18.0 Å². The van der Waals surface area contributed by atoms with Gasteiger partial charge < -0.3 is 15.0 Å². The fourth-order valence-corrected chi connectivity index (χ4v) is 1.76. The molecule has 0 aliphatic heterocycles. The third-order valence-corrected chi connectivity index (χ3v) is 2.98. The highest BCUT2D eigenvalue weighted by atomic mass is 16.5. The van der Waals surface area contributed by atoms with E-state index in [2.05, 4.69) is 15.1 Å². The van der Waals surface area contributed by atoms with Gasteiger partial charge in [-0.25, -0.2) is 0 Å². The van der Waals surface area contributed by atoms with E-state index in [9.17, 15) is 0 Å². The molecule has 1 aliphatic carbocycles. The molecule has 1 aliphatic rings. The SMILES string of the molecule is NCCc1ccc(OCc2noc(C3CC3)n2)cn1. The van der Waals surface area contributed by atoms with Gasteiger partial charge in [0.1, 0.15) is 5.75 Å². The summed E-state index contributed by atoms with van der Waals surface area (Å²) in [6, 6.07) is 3.79. The van der Waals surface area contributed by atoms with Crippen LogP contribution in [0.15, 0.2) is 22.9 Å². The number of aromatic nitrogens is 3. The van der Waals surface area contributed by atoms with Crippen LogP contribution in [0.25, 0.3) is 0 Å². The molecule has 6 nitrogen and oxygen atoms in total. The lowest BCUT2D eigenvalue weighted by Gasteiger charge is -2.03. The van der Waals surface area contributed by atoms with E-state index in [1.165, 1.54) is 0 Å². The van der Waals surface area contributed by atoms with Crippen molar-refractivity contribution in [3.05, 3.63) is 35.7 Å². The van der Waals surface area contributed by atoms with Gasteiger partial charge in [-0.2, -0.15) is 4.98 Å². The molecule has 1 saturated carbocycles. The van der Waals surface area contributed by atoms with Gasteiger partial charge in [0.2, 0.25) is 11.7 Å². The predicted octanol–water partition coefficient (Wildman–Crippen LogP) is 1.42. The molecule has 0 unspecified atom stereocenters. The molecule has 2 N–H and O–H groups in total. The maximum absolute atomic E-state index is 5.56. The Hall–Kier alpha value is -1.95. The number of nitrogens with zero attached hydrogens (tertiary/aromatic N) is 3. The number of pyridine rings is 1. The highest BCUT2D eigenvalue weighted by Gasteiger charge is 2.29. The van der Waals surface area contributed by atoms with Gasteiger partial charge in [0.05, 0.1) is 6.20 Å². The Morgan fingerprint density at radius 2 is 2.26 bits per heavy atom. The van der Waals surface area contributed by atoms with Crippen molar-refractivity contribution in [2.24, 2.45) is 5.73 Å². The molecule has 2 aromatic heterocycles. The van der Waals surface area contributed by atoms with Crippen LogP contribution in [0.1, 0.15) is 36.2 Å². The molecule has 2 aromatic rings. The van der Waals surface area contributed by atoms with Crippen LogP contribution >= 0.6 is 0 Å². The molecule has 1 fully saturated rings. The van der Waals surface area contributed by atoms with E-state index in [1.807, 2.05) is 12.1 Å². The van der Waals surface area contributed by atoms with Gasteiger partial charge in [0.15, 0.2) is 6.61 Å². The molecule has 6 heteroatoms. The lowest BCUT2D eigenvalue weighted by molar-refractivity contribution is 0.284. The first-order valence-corrected chi connectivity index (χ1v) is 6.45. The second kappa shape index (κ2) is 5.36. The number of hydrogen-bond donors (Lipinski definition) is 1. The maximum atomic E-state index is 5.56. The Labute approximate surface area is 111 Å². The van der Waals surface area contributed by atoms with Crippen LogP contribution < -0.4 is 10.5 Å². The summed E-state index contributed by atoms with van der Waals surface area (Å²) in [5.41, 5.74) is 6.43. The zero-order valence-electron chi connectivity index (χ0n) is 10.6. The van der Waals surface area contributed by atoms with E-state index < -0.39 is 0 Å². The largest absolute Gasteiger partial charge is 0.484 e. The summed E-state index contributed by atoms with van der Waals surface area (Å²) in [5, 5.41) is 3.89. The van der Waals surface area contributed by atoms with Crippen molar-refractivity contribution in [1.29, 1.82) is 0 Å². The summed E-state index contributed by atoms with van der Waals surface area (Å²) >= 11 is 0. The summed E-state index contributed by atoms with van der Waals surface area (Å²) in [5.74, 6) is 2.47. The van der Waals surface area contributed by atoms with Crippen LogP contribution in [0, 0.1) is 0 Å². The second-order valence-corrected chi connectivity index (χ2v) is 4.64. The lowest BCUT2D eigenvalue weighted by atomic mass is 10.3. The Bertz CT molecular complexity index is 534. The first kappa shape index (κ1) is 12.1. The average molecular weight is 260 g/mol. The minimum absolute atomic E-state index is 0.300. The molecule has 0 atom stereocenters. The third kappa shape index (κ3) is 3.08. The van der Waals surface area contributed by atoms with Crippen molar-refractivity contribution >= 4 is 0 Å². The highest BCUT2D eigenvalue weighted by molar-refractivity contribution is 5.20. The van der Waals surface area contributed by atoms with Gasteiger partial charge in [-0.15, -0.1) is 0 Å². The molecule has 19 heavy (non-hydrogen) atoms. The molecule has 0 bridgehead atoms. The van der Waals surface area contributed by atoms with Gasteiger partial charge >= 0.3 is 0 Å². The molecular formula is C13H16N4O2. The zero-order chi connectivity index (χ0) is 13.1. The summed E-state index contributed by atoms with van der Waals surface area (Å²) in [6.45, 7) is 0.897. The average Bonchev–Trinajstić information content (AvgIpc) is 3.18. The molecule has 0 radical (unpaired) electrons. The fourth-order valence-electron chi connectivity index (χ4n) is 1.76. The molecule has 0 saturated heterocycles. The predicted molar refractivity (Wildman–Crippen MR) is 67.6 cm³/mol. The van der Waals surface area contributed by atoms with E-state index in [0.29, 0.717) is 30.6 Å². The monoisotopic (exact) mass is 260 g/mol. The summed E-state index contributed by atoms with van der Waals surface area (Å²) in [4.78, 5) is 8.55. The first-order chi connectivity index (χ1) is 9.35. The summed E-state index contributed by atoms with van der Waals surface area (Å²) in [6.07, 6.45) is 4.76. The van der Waals surface area contributed by atoms with Crippen LogP contribution in [-0.2, 0) is 13.0 Å². The second-order valence-electron chi connectivity index (χ2n) is 4.64. The molecule has 100 valence electrons. The smallest absolute Gasteiger partial charge is 0.229 e. The fraction of sp³-hybridized carbons (Fsp3) is 0.462. The van der Waals surface area contributed by atoms with Gasteiger partial charge in [0.25, 0.3) is 0 Å². The molecule has 0 aromatic carbocycles. The molecule has 0 spiro atoms. The van der Waals surface area contributed by atoms with Crippen molar-refractivity contribution in [2.45, 2.75) is 31.8 Å². The number of hydrogen-bond acceptors (Lipinski definition) is 6. The lowest BCUT2D eigenvalue weighted by Crippen LogP contribution is -2.04. The highest BCUT2D eigenvalue weighted by Crippen LogP contribution is 2.38. The van der Waals surface area contributed by atoms with E-state index in [0.717, 1.165) is 30.8 Å². The first-order valence-electron chi connectivity index (χ1n) is 6.45. The molecule has 2 heterocycles. The van der Waals surface area contributed by atoms with Crippen LogP contribution in [0.3, 0.4) is 0 Å². The quantitative estimate of drug-likeness (QED) is 0.845. The summed E-state index contributed by atoms with van der Waals surface area (Å²) < 4.78 is 10.7. The zero-order valence-corrected chi connectivity index (χ0v) is 10.6. The topological polar surface area (TPSA) is 87.1 Å². The van der Waals surface area contributed by atoms with E-state index >= 15 is 0 Å². The normalized spacial score (nSPS) is 14.6. The van der Waals surface area contributed by atoms with Gasteiger partial charge in [-0.1, -0.05) is 5.16 Å². The number of nitrogens with two attached hydrogens (primary N) is 1. The van der Waals surface area contributed by atoms with Crippen molar-refractivity contribution < 1.29 is 9.26 Å². The van der Waals surface area contributed by atoms with Crippen molar-refractivity contribution in [2.75, 3.05) is 6.54 Å². The number of ether oxygens (including phenoxy) is 1. The molecular weight excluding hydrogens is 244 g/mol. The minimum atomic E-state index is 0.300. The third-order valence-electron chi connectivity index (χ3n) is 2.98. The van der Waals surface area contributed by atoms with Crippen molar-refractivity contribution in [3.63, 3.8) is 0 Å². The maximum Gasteiger partial charge on any atom is 0.229 e. The van der Waals surface area contributed by atoms with Crippen LogP contribution in [0.4, 0.5) is 0 Å². The van der Waals surface area contributed by atoms with Gasteiger partial charge in [-0.3, -0.25) is 4.98 Å². The molecule has 3 rings (SSSR count). The standard InChI is InChI=1S/C13H16N4O2/c14-6-5-10-3-4-11(7-15-10)18-8-12-16-13(19-17-12)9-1-2-9/h3-4,7,9H,1-2,5-6,8,14H2. The van der Waals surface area contributed by atoms with Crippen LogP contribution in [0.2, 0.25) is 0 Å². The Kier molecular flexibility index (Phi) is 3.41. The van der Waals surface area contributed by atoms with E-state index in [4.69, 9.17) is 15.0 Å². The van der Waals surface area contributed by atoms with Crippen LogP contribution in [-0.4, -0.2) is 21.7 Å². The van der Waals surface area contributed by atoms with Gasteiger partial charge in [-0.05, 0) is 31.5 Å².